The molecule has 3 nitrogen and oxygen atoms in total. The predicted octanol–water partition coefficient (Wildman–Crippen LogP) is 1.33. The van der Waals surface area contributed by atoms with Crippen LogP contribution in [0.15, 0.2) is 54.2 Å². The monoisotopic (exact) mass is 580 g/mol. The first-order valence-electron chi connectivity index (χ1n) is 12.5. The molecule has 0 radical (unpaired) electrons. The van der Waals surface area contributed by atoms with Crippen molar-refractivity contribution in [3.63, 3.8) is 0 Å². The number of halogens is 1. The summed E-state index contributed by atoms with van der Waals surface area (Å²) in [6.07, 6.45) is 17.5. The molecular formula is C28H40INO2P-. The third-order valence-corrected chi connectivity index (χ3v) is 10.9. The second-order valence-electron chi connectivity index (χ2n) is 9.67. The summed E-state index contributed by atoms with van der Waals surface area (Å²) in [6, 6.07) is 7.04. The molecular weight excluding hydrogens is 540 g/mol. The van der Waals surface area contributed by atoms with Gasteiger partial charge in [0.05, 0.1) is 12.7 Å². The molecule has 33 heavy (non-hydrogen) atoms. The van der Waals surface area contributed by atoms with Gasteiger partial charge in [0.15, 0.2) is 0 Å². The fourth-order valence-electron chi connectivity index (χ4n) is 5.63. The number of alkyl halides is 2. The quantitative estimate of drug-likeness (QED) is 0.222. The first-order chi connectivity index (χ1) is 16.1. The summed E-state index contributed by atoms with van der Waals surface area (Å²) in [4.78, 5) is 0. The SMILES string of the molecule is C/C=C/C1C(NC)CC(CO)OC1c1ccc(P)c(CC2=CCC(C3CC[I-]CC3)C=C2)c1. The van der Waals surface area contributed by atoms with E-state index in [1.54, 1.807) is 0 Å². The van der Waals surface area contributed by atoms with Crippen LogP contribution in [0.1, 0.15) is 49.8 Å². The van der Waals surface area contributed by atoms with Gasteiger partial charge in [-0.1, -0.05) is 12.2 Å². The third-order valence-electron chi connectivity index (χ3n) is 7.59. The van der Waals surface area contributed by atoms with Crippen LogP contribution in [0, 0.1) is 17.8 Å². The van der Waals surface area contributed by atoms with Crippen molar-refractivity contribution in [2.45, 2.75) is 57.3 Å². The normalized spacial score (nSPS) is 31.4. The van der Waals surface area contributed by atoms with Crippen LogP contribution < -0.4 is 31.8 Å². The zero-order valence-electron chi connectivity index (χ0n) is 20.1. The number of nitrogens with one attached hydrogen (secondary N) is 1. The fraction of sp³-hybridized carbons (Fsp3) is 0.571. The Balaban J connectivity index is 1.50. The minimum atomic E-state index is -0.129. The van der Waals surface area contributed by atoms with E-state index in [1.165, 1.54) is 50.1 Å². The van der Waals surface area contributed by atoms with Crippen LogP contribution in [0.4, 0.5) is 0 Å². The number of aliphatic hydroxyl groups excluding tert-OH is 1. The van der Waals surface area contributed by atoms with Crippen molar-refractivity contribution in [1.82, 2.24) is 5.32 Å². The molecule has 2 fully saturated rings. The van der Waals surface area contributed by atoms with Crippen molar-refractivity contribution < 1.29 is 31.0 Å². The topological polar surface area (TPSA) is 41.5 Å². The number of allylic oxidation sites excluding steroid dienone is 5. The Morgan fingerprint density at radius 1 is 1.27 bits per heavy atom. The number of rotatable bonds is 7. The Morgan fingerprint density at radius 3 is 2.76 bits per heavy atom. The van der Waals surface area contributed by atoms with Gasteiger partial charge >= 0.3 is 141 Å². The van der Waals surface area contributed by atoms with Crippen molar-refractivity contribution in [2.24, 2.45) is 17.8 Å². The summed E-state index contributed by atoms with van der Waals surface area (Å²) in [7, 11) is 4.93. The van der Waals surface area contributed by atoms with E-state index < -0.39 is 0 Å². The molecule has 1 aromatic carbocycles. The van der Waals surface area contributed by atoms with Gasteiger partial charge in [-0.25, -0.2) is 0 Å². The Morgan fingerprint density at radius 2 is 2.09 bits per heavy atom. The molecule has 2 saturated heterocycles. The predicted molar refractivity (Wildman–Crippen MR) is 138 cm³/mol. The first kappa shape index (κ1) is 25.6. The fourth-order valence-corrected chi connectivity index (χ4v) is 8.93. The average Bonchev–Trinajstić information content (AvgIpc) is 2.86. The first-order valence-corrected chi connectivity index (χ1v) is 16.1. The molecule has 0 spiro atoms. The molecule has 2 N–H and O–H groups in total. The minimum absolute atomic E-state index is 0.0525. The Labute approximate surface area is 213 Å². The maximum atomic E-state index is 9.83. The molecule has 2 heterocycles. The molecule has 5 heteroatoms. The molecule has 6 atom stereocenters. The summed E-state index contributed by atoms with van der Waals surface area (Å²) in [6.45, 7) is 2.14. The number of hydrogen-bond donors (Lipinski definition) is 2. The van der Waals surface area contributed by atoms with E-state index in [-0.39, 0.29) is 24.7 Å². The van der Waals surface area contributed by atoms with Gasteiger partial charge in [-0.05, 0) is 20.4 Å². The van der Waals surface area contributed by atoms with Gasteiger partial charge in [-0.3, -0.25) is 0 Å². The third kappa shape index (κ3) is 6.38. The summed E-state index contributed by atoms with van der Waals surface area (Å²) in [5, 5.41) is 14.5. The Bertz CT molecular complexity index is 877. The van der Waals surface area contributed by atoms with Crippen LogP contribution in [0.3, 0.4) is 0 Å². The van der Waals surface area contributed by atoms with E-state index >= 15 is 0 Å². The molecule has 6 unspecified atom stereocenters. The van der Waals surface area contributed by atoms with Crippen molar-refractivity contribution in [2.75, 3.05) is 22.5 Å². The standard InChI is InChI=1S/C28H40INO2P/c1-3-4-25-26(30-2)17-24(18-31)32-28(25)22-9-10-27(33)23(16-22)15-19-5-7-20(8-6-19)21-11-13-29-14-12-21/h3-7,9-10,16,20-21,24-26,28,30-31H,8,11-15,17-18,33H2,1-2H3/q-1/b4-3+. The van der Waals surface area contributed by atoms with E-state index in [2.05, 4.69) is 70.1 Å². The van der Waals surface area contributed by atoms with E-state index in [4.69, 9.17) is 4.74 Å². The second-order valence-corrected chi connectivity index (χ2v) is 13.5. The van der Waals surface area contributed by atoms with Crippen molar-refractivity contribution in [3.05, 3.63) is 65.3 Å². The number of hydrogen-bond acceptors (Lipinski definition) is 3. The van der Waals surface area contributed by atoms with Crippen molar-refractivity contribution in [3.8, 4) is 0 Å². The molecule has 2 aliphatic heterocycles. The summed E-state index contributed by atoms with van der Waals surface area (Å²) >= 11 is 0.520. The van der Waals surface area contributed by atoms with Gasteiger partial charge in [-0.15, -0.1) is 0 Å². The molecule has 1 aromatic rings. The van der Waals surface area contributed by atoms with E-state index in [0.29, 0.717) is 27.2 Å². The second kappa shape index (κ2) is 12.4. The average molecular weight is 581 g/mol. The molecule has 1 aliphatic carbocycles. The van der Waals surface area contributed by atoms with Crippen LogP contribution in [-0.4, -0.2) is 39.8 Å². The van der Waals surface area contributed by atoms with Crippen LogP contribution in [0.25, 0.3) is 0 Å². The molecule has 3 aliphatic rings. The zero-order valence-corrected chi connectivity index (χ0v) is 23.4. The molecule has 4 rings (SSSR count). The van der Waals surface area contributed by atoms with Crippen molar-refractivity contribution in [1.29, 1.82) is 0 Å². The summed E-state index contributed by atoms with van der Waals surface area (Å²) in [5.41, 5.74) is 4.00. The van der Waals surface area contributed by atoms with Gasteiger partial charge in [0.25, 0.3) is 0 Å². The van der Waals surface area contributed by atoms with Crippen LogP contribution in [0.5, 0.6) is 0 Å². The molecule has 0 saturated carbocycles. The number of ether oxygens (including phenoxy) is 1. The van der Waals surface area contributed by atoms with Crippen LogP contribution in [0.2, 0.25) is 0 Å². The van der Waals surface area contributed by atoms with Gasteiger partial charge < -0.3 is 15.2 Å². The van der Waals surface area contributed by atoms with Gasteiger partial charge in [0.2, 0.25) is 0 Å². The summed E-state index contributed by atoms with van der Waals surface area (Å²) < 4.78 is 9.46. The number of benzene rings is 1. The maximum absolute atomic E-state index is 9.83. The van der Waals surface area contributed by atoms with E-state index in [9.17, 15) is 5.11 Å². The Kier molecular flexibility index (Phi) is 9.64. The van der Waals surface area contributed by atoms with E-state index in [0.717, 1.165) is 24.7 Å². The molecule has 0 bridgehead atoms. The molecule has 0 aromatic heterocycles. The Hall–Kier alpha value is -0.520. The van der Waals surface area contributed by atoms with E-state index in [1.807, 2.05) is 7.05 Å². The number of aliphatic hydroxyl groups is 1. The molecule has 182 valence electrons. The van der Waals surface area contributed by atoms with Crippen molar-refractivity contribution >= 4 is 14.5 Å². The van der Waals surface area contributed by atoms with Gasteiger partial charge in [0, 0.05) is 12.0 Å². The van der Waals surface area contributed by atoms with Gasteiger partial charge in [-0.2, -0.15) is 0 Å². The van der Waals surface area contributed by atoms with Gasteiger partial charge in [0.1, 0.15) is 0 Å². The zero-order chi connectivity index (χ0) is 23.2. The molecule has 0 amide bonds. The van der Waals surface area contributed by atoms with Crippen LogP contribution >= 0.6 is 9.24 Å². The summed E-state index contributed by atoms with van der Waals surface area (Å²) in [5.74, 6) is 1.92. The van der Waals surface area contributed by atoms with Crippen LogP contribution in [-0.2, 0) is 11.2 Å².